The lowest BCUT2D eigenvalue weighted by Crippen LogP contribution is -2.57. The maximum atomic E-state index is 14.2. The van der Waals surface area contributed by atoms with E-state index in [-0.39, 0.29) is 35.6 Å². The molecule has 1 saturated heterocycles. The van der Waals surface area contributed by atoms with Gasteiger partial charge in [0.05, 0.1) is 11.5 Å². The highest BCUT2D eigenvalue weighted by Crippen LogP contribution is 2.52. The molecule has 2 aromatic rings. The van der Waals surface area contributed by atoms with Gasteiger partial charge < -0.3 is 4.90 Å². The Morgan fingerprint density at radius 3 is 2.39 bits per heavy atom. The van der Waals surface area contributed by atoms with Gasteiger partial charge in [-0.15, -0.1) is 6.58 Å². The molecule has 5 heteroatoms. The summed E-state index contributed by atoms with van der Waals surface area (Å²) in [5.41, 5.74) is 1.47. The lowest BCUT2D eigenvalue weighted by molar-refractivity contribution is -0.157. The smallest absolute Gasteiger partial charge is 0.229 e. The number of benzene rings is 2. The van der Waals surface area contributed by atoms with Gasteiger partial charge in [0, 0.05) is 27.9 Å². The molecule has 1 fully saturated rings. The number of hydrogen-bond donors (Lipinski definition) is 0. The number of hydrogen-bond acceptors (Lipinski definition) is 2. The number of Topliss-reactive ketones (excluding diaryl/α,β-unsaturated/α-hetero) is 1. The van der Waals surface area contributed by atoms with E-state index < -0.39 is 5.41 Å². The molecule has 1 heterocycles. The first kappa shape index (κ1) is 25.5. The average Bonchev–Trinajstić information content (AvgIpc) is 2.77. The van der Waals surface area contributed by atoms with Crippen LogP contribution in [0.1, 0.15) is 70.0 Å². The number of carbonyl (C=O) groups is 2. The van der Waals surface area contributed by atoms with E-state index in [1.54, 1.807) is 6.92 Å². The van der Waals surface area contributed by atoms with E-state index in [1.165, 1.54) is 0 Å². The second-order valence-electron chi connectivity index (χ2n) is 9.50. The van der Waals surface area contributed by atoms with Gasteiger partial charge in [-0.25, -0.2) is 0 Å². The summed E-state index contributed by atoms with van der Waals surface area (Å²) in [7, 11) is 0. The fourth-order valence-corrected chi connectivity index (χ4v) is 5.64. The quantitative estimate of drug-likeness (QED) is 0.360. The molecule has 5 atom stereocenters. The molecule has 0 aliphatic carbocycles. The molecule has 0 saturated carbocycles. The average molecular weight is 486 g/mol. The van der Waals surface area contributed by atoms with E-state index in [9.17, 15) is 9.59 Å². The first-order valence-electron chi connectivity index (χ1n) is 11.6. The summed E-state index contributed by atoms with van der Waals surface area (Å²) in [4.78, 5) is 28.6. The number of ketones is 1. The second-order valence-corrected chi connectivity index (χ2v) is 10.4. The third-order valence-electron chi connectivity index (χ3n) is 7.18. The van der Waals surface area contributed by atoms with Crippen molar-refractivity contribution in [1.29, 1.82) is 0 Å². The molecule has 1 aliphatic rings. The Kier molecular flexibility index (Phi) is 8.08. The van der Waals surface area contributed by atoms with Crippen LogP contribution in [-0.4, -0.2) is 22.6 Å². The van der Waals surface area contributed by atoms with Crippen molar-refractivity contribution in [2.75, 3.05) is 0 Å². The summed E-state index contributed by atoms with van der Waals surface area (Å²) >= 11 is 12.6. The highest BCUT2D eigenvalue weighted by atomic mass is 35.5. The summed E-state index contributed by atoms with van der Waals surface area (Å²) < 4.78 is 0. The van der Waals surface area contributed by atoms with Crippen LogP contribution in [0.5, 0.6) is 0 Å². The third-order valence-corrected chi connectivity index (χ3v) is 7.67. The van der Waals surface area contributed by atoms with Crippen LogP contribution in [0.15, 0.2) is 61.2 Å². The Hall–Kier alpha value is -2.10. The lowest BCUT2D eigenvalue weighted by Gasteiger charge is -2.53. The van der Waals surface area contributed by atoms with Gasteiger partial charge in [-0.05, 0) is 61.6 Å². The number of amides is 1. The predicted molar refractivity (Wildman–Crippen MR) is 137 cm³/mol. The van der Waals surface area contributed by atoms with Gasteiger partial charge in [-0.3, -0.25) is 9.59 Å². The summed E-state index contributed by atoms with van der Waals surface area (Å²) in [5.74, 6) is -0.124. The number of likely N-dealkylation sites (tertiary alicyclic amines) is 1. The zero-order valence-corrected chi connectivity index (χ0v) is 21.4. The number of allylic oxidation sites excluding steroid dienone is 1. The van der Waals surface area contributed by atoms with Crippen LogP contribution in [0.3, 0.4) is 0 Å². The van der Waals surface area contributed by atoms with Crippen LogP contribution >= 0.6 is 23.2 Å². The maximum absolute atomic E-state index is 14.2. The summed E-state index contributed by atoms with van der Waals surface area (Å²) in [6, 6.07) is 15.1. The van der Waals surface area contributed by atoms with Crippen molar-refractivity contribution in [3.8, 4) is 0 Å². The molecule has 2 unspecified atom stereocenters. The molecule has 3 rings (SSSR count). The van der Waals surface area contributed by atoms with E-state index in [0.717, 1.165) is 11.1 Å². The van der Waals surface area contributed by atoms with E-state index in [2.05, 4.69) is 12.6 Å². The van der Waals surface area contributed by atoms with Crippen LogP contribution in [-0.2, 0) is 9.59 Å². The molecule has 0 bridgehead atoms. The van der Waals surface area contributed by atoms with Crippen molar-refractivity contribution >= 4 is 34.9 Å². The zero-order valence-electron chi connectivity index (χ0n) is 19.9. The number of piperidine rings is 1. The van der Waals surface area contributed by atoms with Crippen LogP contribution in [0.4, 0.5) is 0 Å². The topological polar surface area (TPSA) is 37.4 Å². The van der Waals surface area contributed by atoms with Crippen LogP contribution in [0.2, 0.25) is 10.0 Å². The van der Waals surface area contributed by atoms with Gasteiger partial charge in [0.1, 0.15) is 5.78 Å². The molecule has 176 valence electrons. The van der Waals surface area contributed by atoms with Crippen LogP contribution in [0.25, 0.3) is 0 Å². The number of rotatable bonds is 8. The molecule has 2 aromatic carbocycles. The summed E-state index contributed by atoms with van der Waals surface area (Å²) in [5, 5.41) is 1.31. The first-order chi connectivity index (χ1) is 15.6. The van der Waals surface area contributed by atoms with E-state index >= 15 is 0 Å². The van der Waals surface area contributed by atoms with Crippen molar-refractivity contribution in [1.82, 2.24) is 4.90 Å². The normalized spacial score (nSPS) is 24.9. The molecule has 3 nitrogen and oxygen atoms in total. The predicted octanol–water partition coefficient (Wildman–Crippen LogP) is 7.64. The molecule has 1 aliphatic heterocycles. The Labute approximate surface area is 207 Å². The standard InChI is InChI=1S/C28H33Cl2NO2/c1-6-15-28(5)17-24(21-9-8-10-23(30)16-21)26(20-11-13-22(29)14-12-20)31(27(28)33)25(7-2)18(3)19(4)32/h6,8-14,16,18,24-26H,1,7,15,17H2,2-5H3/t18-,24-,25?,26?,28+/m1/s1. The van der Waals surface area contributed by atoms with Crippen molar-refractivity contribution < 1.29 is 9.59 Å². The minimum Gasteiger partial charge on any atom is -0.331 e. The minimum absolute atomic E-state index is 0.000679. The second kappa shape index (κ2) is 10.4. The number of halogens is 2. The van der Waals surface area contributed by atoms with Crippen LogP contribution < -0.4 is 0 Å². The molecule has 0 spiro atoms. The molecular formula is C28H33Cl2NO2. The van der Waals surface area contributed by atoms with Gasteiger partial charge in [-0.1, -0.05) is 74.3 Å². The first-order valence-corrected chi connectivity index (χ1v) is 12.3. The maximum Gasteiger partial charge on any atom is 0.229 e. The minimum atomic E-state index is -0.623. The number of nitrogens with zero attached hydrogens (tertiary/aromatic N) is 1. The van der Waals surface area contributed by atoms with E-state index in [1.807, 2.05) is 74.2 Å². The van der Waals surface area contributed by atoms with Crippen molar-refractivity contribution in [2.45, 2.75) is 65.0 Å². The Bertz CT molecular complexity index is 1020. The summed E-state index contributed by atoms with van der Waals surface area (Å²) in [6.07, 6.45) is 3.73. The molecular weight excluding hydrogens is 453 g/mol. The Morgan fingerprint density at radius 1 is 1.18 bits per heavy atom. The fourth-order valence-electron chi connectivity index (χ4n) is 5.31. The number of carbonyl (C=O) groups excluding carboxylic acids is 2. The largest absolute Gasteiger partial charge is 0.331 e. The SMILES string of the molecule is C=CC[C@@]1(C)C[C@H](c2cccc(Cl)c2)C(c2ccc(Cl)cc2)N(C(CC)[C@H](C)C(C)=O)C1=O. The molecule has 0 radical (unpaired) electrons. The van der Waals surface area contributed by atoms with Gasteiger partial charge in [-0.2, -0.15) is 0 Å². The molecule has 0 aromatic heterocycles. The van der Waals surface area contributed by atoms with Crippen molar-refractivity contribution in [2.24, 2.45) is 11.3 Å². The Morgan fingerprint density at radius 2 is 1.85 bits per heavy atom. The Balaban J connectivity index is 2.27. The van der Waals surface area contributed by atoms with Gasteiger partial charge in [0.15, 0.2) is 0 Å². The molecule has 0 N–H and O–H groups in total. The fraction of sp³-hybridized carbons (Fsp3) is 0.429. The van der Waals surface area contributed by atoms with E-state index in [0.29, 0.717) is 29.3 Å². The third kappa shape index (κ3) is 5.20. The monoisotopic (exact) mass is 485 g/mol. The highest BCUT2D eigenvalue weighted by Gasteiger charge is 2.51. The van der Waals surface area contributed by atoms with Crippen LogP contribution in [0, 0.1) is 11.3 Å². The molecule has 33 heavy (non-hydrogen) atoms. The van der Waals surface area contributed by atoms with Gasteiger partial charge in [0.2, 0.25) is 5.91 Å². The zero-order chi connectivity index (χ0) is 24.3. The summed E-state index contributed by atoms with van der Waals surface area (Å²) in [6.45, 7) is 11.5. The van der Waals surface area contributed by atoms with Crippen molar-refractivity contribution in [3.63, 3.8) is 0 Å². The van der Waals surface area contributed by atoms with Gasteiger partial charge >= 0.3 is 0 Å². The van der Waals surface area contributed by atoms with Crippen molar-refractivity contribution in [3.05, 3.63) is 82.4 Å². The highest BCUT2D eigenvalue weighted by molar-refractivity contribution is 6.30. The van der Waals surface area contributed by atoms with E-state index in [4.69, 9.17) is 23.2 Å². The molecule has 1 amide bonds. The lowest BCUT2D eigenvalue weighted by atomic mass is 9.66. The van der Waals surface area contributed by atoms with Gasteiger partial charge in [0.25, 0.3) is 0 Å².